The highest BCUT2D eigenvalue weighted by Crippen LogP contribution is 2.35. The van der Waals surface area contributed by atoms with Gasteiger partial charge in [0.25, 0.3) is 0 Å². The third kappa shape index (κ3) is 4.12. The van der Waals surface area contributed by atoms with E-state index >= 15 is 0 Å². The number of benzene rings is 2. The Kier molecular flexibility index (Phi) is 5.70. The fraction of sp³-hybridized carbons (Fsp3) is 0.111. The number of nitrogens with zero attached hydrogens (tertiary/aromatic N) is 2. The molecule has 134 valence electrons. The Balaban J connectivity index is 1.71. The first-order valence-corrected chi connectivity index (χ1v) is 8.78. The number of thiazole rings is 1. The summed E-state index contributed by atoms with van der Waals surface area (Å²) in [5.41, 5.74) is 5.20. The molecule has 0 amide bonds. The first-order chi connectivity index (χ1) is 12.6. The number of hydrogen-bond acceptors (Lipinski definition) is 6. The molecule has 1 aromatic heterocycles. The highest BCUT2D eigenvalue weighted by atomic mass is 35.5. The Labute approximate surface area is 159 Å². The van der Waals surface area contributed by atoms with E-state index in [4.69, 9.17) is 21.1 Å². The van der Waals surface area contributed by atoms with Gasteiger partial charge in [0, 0.05) is 10.9 Å². The first kappa shape index (κ1) is 18.2. The topological polar surface area (TPSA) is 55.7 Å². The summed E-state index contributed by atoms with van der Waals surface area (Å²) in [7, 11) is 3.07. The average molecular weight is 392 g/mol. The standard InChI is InChI=1S/C18H15ClFN3O2S/c1-24-16-8-11(7-14(19)17(16)25-2)9-21-23-18-22-15(10-26-18)12-3-5-13(20)6-4-12/h3-10H,1-2H3,(H,22,23)/b21-9-. The number of halogens is 2. The molecular formula is C18H15ClFN3O2S. The smallest absolute Gasteiger partial charge is 0.203 e. The monoisotopic (exact) mass is 391 g/mol. The largest absolute Gasteiger partial charge is 0.493 e. The van der Waals surface area contributed by atoms with Gasteiger partial charge in [-0.25, -0.2) is 9.37 Å². The number of anilines is 1. The molecule has 0 spiro atoms. The van der Waals surface area contributed by atoms with Crippen LogP contribution >= 0.6 is 22.9 Å². The third-order valence-corrected chi connectivity index (χ3v) is 4.50. The van der Waals surface area contributed by atoms with Crippen LogP contribution in [0.2, 0.25) is 5.02 Å². The Morgan fingerprint density at radius 2 is 1.96 bits per heavy atom. The molecule has 0 aliphatic carbocycles. The van der Waals surface area contributed by atoms with Gasteiger partial charge in [-0.05, 0) is 42.0 Å². The van der Waals surface area contributed by atoms with Crippen molar-refractivity contribution < 1.29 is 13.9 Å². The minimum absolute atomic E-state index is 0.277. The number of hydrogen-bond donors (Lipinski definition) is 1. The van der Waals surface area contributed by atoms with Gasteiger partial charge in [0.15, 0.2) is 11.5 Å². The fourth-order valence-corrected chi connectivity index (χ4v) is 3.22. The number of rotatable bonds is 6. The number of ether oxygens (including phenoxy) is 2. The second-order valence-electron chi connectivity index (χ2n) is 5.15. The fourth-order valence-electron chi connectivity index (χ4n) is 2.25. The van der Waals surface area contributed by atoms with Crippen LogP contribution in [0.15, 0.2) is 46.9 Å². The Morgan fingerprint density at radius 3 is 2.65 bits per heavy atom. The van der Waals surface area contributed by atoms with Crippen molar-refractivity contribution in [2.75, 3.05) is 19.6 Å². The maximum absolute atomic E-state index is 13.0. The van der Waals surface area contributed by atoms with Crippen LogP contribution in [0.5, 0.6) is 11.5 Å². The van der Waals surface area contributed by atoms with Crippen LogP contribution in [0.1, 0.15) is 5.56 Å². The normalized spacial score (nSPS) is 10.9. The molecule has 0 unspecified atom stereocenters. The molecule has 0 fully saturated rings. The molecule has 0 bridgehead atoms. The first-order valence-electron chi connectivity index (χ1n) is 7.52. The summed E-state index contributed by atoms with van der Waals surface area (Å²) < 4.78 is 23.4. The van der Waals surface area contributed by atoms with Crippen LogP contribution in [0.3, 0.4) is 0 Å². The van der Waals surface area contributed by atoms with Crippen LogP contribution in [0.25, 0.3) is 11.3 Å². The van der Waals surface area contributed by atoms with E-state index in [1.165, 1.54) is 30.6 Å². The Morgan fingerprint density at radius 1 is 1.19 bits per heavy atom. The molecule has 26 heavy (non-hydrogen) atoms. The molecule has 0 aliphatic rings. The lowest BCUT2D eigenvalue weighted by Gasteiger charge is -2.09. The summed E-state index contributed by atoms with van der Waals surface area (Å²) in [6.07, 6.45) is 1.60. The van der Waals surface area contributed by atoms with Gasteiger partial charge in [-0.3, -0.25) is 5.43 Å². The molecule has 0 saturated heterocycles. The summed E-state index contributed by atoms with van der Waals surface area (Å²) in [6.45, 7) is 0. The second-order valence-corrected chi connectivity index (χ2v) is 6.42. The number of nitrogens with one attached hydrogen (secondary N) is 1. The molecule has 0 aliphatic heterocycles. The van der Waals surface area contributed by atoms with Crippen LogP contribution in [0, 0.1) is 5.82 Å². The molecule has 1 N–H and O–H groups in total. The number of hydrazone groups is 1. The number of aromatic nitrogens is 1. The average Bonchev–Trinajstić information content (AvgIpc) is 3.10. The maximum Gasteiger partial charge on any atom is 0.203 e. The van der Waals surface area contributed by atoms with Crippen molar-refractivity contribution in [3.05, 3.63) is 58.2 Å². The maximum atomic E-state index is 13.0. The van der Waals surface area contributed by atoms with E-state index < -0.39 is 0 Å². The molecule has 1 heterocycles. The van der Waals surface area contributed by atoms with Gasteiger partial charge in [-0.15, -0.1) is 11.3 Å². The predicted octanol–water partition coefficient (Wildman–Crippen LogP) is 5.07. The van der Waals surface area contributed by atoms with Crippen molar-refractivity contribution in [1.29, 1.82) is 0 Å². The molecule has 3 rings (SSSR count). The second kappa shape index (κ2) is 8.16. The van der Waals surface area contributed by atoms with Crippen LogP contribution in [0.4, 0.5) is 9.52 Å². The van der Waals surface area contributed by atoms with E-state index in [0.29, 0.717) is 21.7 Å². The van der Waals surface area contributed by atoms with Gasteiger partial charge >= 0.3 is 0 Å². The van der Waals surface area contributed by atoms with E-state index in [2.05, 4.69) is 15.5 Å². The zero-order chi connectivity index (χ0) is 18.5. The van der Waals surface area contributed by atoms with E-state index in [1.54, 1.807) is 37.6 Å². The van der Waals surface area contributed by atoms with Gasteiger partial charge in [0.1, 0.15) is 5.82 Å². The molecule has 0 radical (unpaired) electrons. The zero-order valence-electron chi connectivity index (χ0n) is 14.0. The number of methoxy groups -OCH3 is 2. The molecular weight excluding hydrogens is 377 g/mol. The molecule has 0 saturated carbocycles. The van der Waals surface area contributed by atoms with E-state index in [0.717, 1.165) is 16.8 Å². The lowest BCUT2D eigenvalue weighted by atomic mass is 10.2. The van der Waals surface area contributed by atoms with E-state index in [-0.39, 0.29) is 5.82 Å². The highest BCUT2D eigenvalue weighted by molar-refractivity contribution is 7.14. The summed E-state index contributed by atoms with van der Waals surface area (Å²) >= 11 is 7.57. The van der Waals surface area contributed by atoms with Crippen molar-refractivity contribution in [2.24, 2.45) is 5.10 Å². The lowest BCUT2D eigenvalue weighted by molar-refractivity contribution is 0.355. The van der Waals surface area contributed by atoms with Crippen molar-refractivity contribution in [1.82, 2.24) is 4.98 Å². The van der Waals surface area contributed by atoms with Gasteiger partial charge in [0.05, 0.1) is 31.2 Å². The quantitative estimate of drug-likeness (QED) is 0.471. The molecule has 0 atom stereocenters. The van der Waals surface area contributed by atoms with Crippen LogP contribution < -0.4 is 14.9 Å². The van der Waals surface area contributed by atoms with Crippen LogP contribution in [-0.2, 0) is 0 Å². The Bertz CT molecular complexity index is 929. The summed E-state index contributed by atoms with van der Waals surface area (Å²) in [4.78, 5) is 4.42. The summed E-state index contributed by atoms with van der Waals surface area (Å²) in [5, 5.41) is 7.09. The summed E-state index contributed by atoms with van der Waals surface area (Å²) in [5.74, 6) is 0.720. The molecule has 5 nitrogen and oxygen atoms in total. The van der Waals surface area contributed by atoms with E-state index in [1.807, 2.05) is 5.38 Å². The minimum Gasteiger partial charge on any atom is -0.493 e. The van der Waals surface area contributed by atoms with Gasteiger partial charge in [-0.1, -0.05) is 11.6 Å². The zero-order valence-corrected chi connectivity index (χ0v) is 15.6. The van der Waals surface area contributed by atoms with Crippen molar-refractivity contribution >= 4 is 34.3 Å². The van der Waals surface area contributed by atoms with Gasteiger partial charge in [0.2, 0.25) is 5.13 Å². The predicted molar refractivity (Wildman–Crippen MR) is 103 cm³/mol. The van der Waals surface area contributed by atoms with E-state index in [9.17, 15) is 4.39 Å². The SMILES string of the molecule is COc1cc(/C=N\Nc2nc(-c3ccc(F)cc3)cs2)cc(Cl)c1OC. The third-order valence-electron chi connectivity index (χ3n) is 3.47. The van der Waals surface area contributed by atoms with Crippen molar-refractivity contribution in [3.8, 4) is 22.8 Å². The Hall–Kier alpha value is -2.64. The minimum atomic E-state index is -0.277. The summed E-state index contributed by atoms with van der Waals surface area (Å²) in [6, 6.07) is 9.66. The lowest BCUT2D eigenvalue weighted by Crippen LogP contribution is -1.95. The molecule has 2 aromatic carbocycles. The highest BCUT2D eigenvalue weighted by Gasteiger charge is 2.10. The molecule has 8 heteroatoms. The van der Waals surface area contributed by atoms with Crippen molar-refractivity contribution in [2.45, 2.75) is 0 Å². The van der Waals surface area contributed by atoms with Gasteiger partial charge < -0.3 is 9.47 Å². The van der Waals surface area contributed by atoms with Crippen molar-refractivity contribution in [3.63, 3.8) is 0 Å². The van der Waals surface area contributed by atoms with Gasteiger partial charge in [-0.2, -0.15) is 5.10 Å². The van der Waals surface area contributed by atoms with Crippen LogP contribution in [-0.4, -0.2) is 25.4 Å². The molecule has 3 aromatic rings.